The lowest BCUT2D eigenvalue weighted by Gasteiger charge is -2.46. The van der Waals surface area contributed by atoms with Crippen LogP contribution in [0.4, 0.5) is 0 Å². The Labute approximate surface area is 128 Å². The molecule has 0 bridgehead atoms. The molecule has 1 saturated heterocycles. The molecule has 1 fully saturated rings. The lowest BCUT2D eigenvalue weighted by Crippen LogP contribution is -2.72. The molecular formula is C11H18O12. The van der Waals surface area contributed by atoms with Crippen LogP contribution >= 0.6 is 0 Å². The van der Waals surface area contributed by atoms with Crippen molar-refractivity contribution in [1.82, 2.24) is 0 Å². The largest absolute Gasteiger partial charge is 0.479 e. The van der Waals surface area contributed by atoms with Gasteiger partial charge < -0.3 is 50.7 Å². The van der Waals surface area contributed by atoms with Gasteiger partial charge in [-0.25, -0.2) is 9.59 Å². The first-order valence-electron chi connectivity index (χ1n) is 6.35. The number of aliphatic hydroxyl groups excluding tert-OH is 6. The molecule has 12 heteroatoms. The number of ether oxygens (including phenoxy) is 1. The Morgan fingerprint density at radius 1 is 1.04 bits per heavy atom. The van der Waals surface area contributed by atoms with Crippen molar-refractivity contribution in [2.24, 2.45) is 0 Å². The van der Waals surface area contributed by atoms with E-state index in [1.165, 1.54) is 0 Å². The molecule has 23 heavy (non-hydrogen) atoms. The zero-order valence-corrected chi connectivity index (χ0v) is 11.5. The van der Waals surface area contributed by atoms with Crippen LogP contribution in [0.1, 0.15) is 0 Å². The molecule has 0 aliphatic carbocycles. The van der Waals surface area contributed by atoms with E-state index < -0.39 is 66.9 Å². The summed E-state index contributed by atoms with van der Waals surface area (Å²) < 4.78 is 4.80. The minimum absolute atomic E-state index is 0.950. The summed E-state index contributed by atoms with van der Waals surface area (Å²) in [4.78, 5) is 22.0. The molecule has 1 aliphatic rings. The quantitative estimate of drug-likeness (QED) is 0.220. The summed E-state index contributed by atoms with van der Waals surface area (Å²) in [5.74, 6) is -4.34. The molecule has 0 spiro atoms. The fraction of sp³-hybridized carbons (Fsp3) is 0.818. The van der Waals surface area contributed by atoms with E-state index in [0.29, 0.717) is 0 Å². The van der Waals surface area contributed by atoms with E-state index in [-0.39, 0.29) is 0 Å². The fourth-order valence-corrected chi connectivity index (χ4v) is 2.26. The van der Waals surface area contributed by atoms with E-state index in [4.69, 9.17) is 20.1 Å². The number of hydrogen-bond donors (Lipinski definition) is 9. The van der Waals surface area contributed by atoms with Gasteiger partial charge in [0.15, 0.2) is 6.10 Å². The first-order valence-corrected chi connectivity index (χ1v) is 6.35. The molecule has 1 rings (SSSR count). The Morgan fingerprint density at radius 2 is 1.57 bits per heavy atom. The minimum Gasteiger partial charge on any atom is -0.479 e. The summed E-state index contributed by atoms with van der Waals surface area (Å²) in [7, 11) is 0. The highest BCUT2D eigenvalue weighted by molar-refractivity contribution is 5.82. The first kappa shape index (κ1) is 19.7. The number of aliphatic carboxylic acids is 2. The highest BCUT2D eigenvalue weighted by Crippen LogP contribution is 2.32. The second-order valence-electron chi connectivity index (χ2n) is 5.11. The van der Waals surface area contributed by atoms with Crippen molar-refractivity contribution in [3.63, 3.8) is 0 Å². The van der Waals surface area contributed by atoms with Gasteiger partial charge in [0.05, 0.1) is 6.61 Å². The maximum Gasteiger partial charge on any atom is 0.341 e. The minimum atomic E-state index is -3.56. The molecule has 0 amide bonds. The maximum absolute atomic E-state index is 11.3. The highest BCUT2D eigenvalue weighted by Gasteiger charge is 2.61. The summed E-state index contributed by atoms with van der Waals surface area (Å²) in [5.41, 5.74) is -3.56. The van der Waals surface area contributed by atoms with Crippen molar-refractivity contribution in [3.05, 3.63) is 0 Å². The van der Waals surface area contributed by atoms with Gasteiger partial charge in [0.25, 0.3) is 0 Å². The molecule has 0 radical (unpaired) electrons. The van der Waals surface area contributed by atoms with Crippen LogP contribution in [-0.4, -0.2) is 113 Å². The van der Waals surface area contributed by atoms with Crippen molar-refractivity contribution in [2.75, 3.05) is 6.61 Å². The zero-order valence-electron chi connectivity index (χ0n) is 11.5. The van der Waals surface area contributed by atoms with Crippen molar-refractivity contribution >= 4 is 11.9 Å². The van der Waals surface area contributed by atoms with Gasteiger partial charge >= 0.3 is 11.9 Å². The van der Waals surface area contributed by atoms with Gasteiger partial charge in [-0.3, -0.25) is 0 Å². The van der Waals surface area contributed by atoms with Crippen molar-refractivity contribution in [1.29, 1.82) is 0 Å². The zero-order chi connectivity index (χ0) is 18.1. The standard InChI is InChI=1S/C11H18O12/c12-1-2-3(13)4(14)5(15)8(23-2)11(22,10(20)21)7(17)6(16)9(18)19/h2-8,12-17,22H,1H2,(H,18,19)(H,20,21)/t2-,3+,4+,5-,6+,7-,8?,11-/m1/s1. The predicted molar refractivity (Wildman–Crippen MR) is 66.0 cm³/mol. The number of hydrogen-bond acceptors (Lipinski definition) is 10. The predicted octanol–water partition coefficient (Wildman–Crippen LogP) is -5.55. The molecule has 0 aromatic heterocycles. The van der Waals surface area contributed by atoms with Crippen molar-refractivity contribution in [3.8, 4) is 0 Å². The topological polar surface area (TPSA) is 225 Å². The van der Waals surface area contributed by atoms with Crippen LogP contribution < -0.4 is 0 Å². The molecule has 1 heterocycles. The number of rotatable bonds is 6. The Kier molecular flexibility index (Phi) is 6.00. The van der Waals surface area contributed by atoms with Crippen molar-refractivity contribution < 1.29 is 60.3 Å². The monoisotopic (exact) mass is 342 g/mol. The van der Waals surface area contributed by atoms with Crippen LogP contribution in [0.2, 0.25) is 0 Å². The van der Waals surface area contributed by atoms with Gasteiger partial charge in [0, 0.05) is 0 Å². The fourth-order valence-electron chi connectivity index (χ4n) is 2.26. The van der Waals surface area contributed by atoms with E-state index in [1.54, 1.807) is 0 Å². The summed E-state index contributed by atoms with van der Waals surface area (Å²) in [6, 6.07) is 0. The average molecular weight is 342 g/mol. The molecule has 0 aromatic carbocycles. The Balaban J connectivity index is 3.27. The average Bonchev–Trinajstić information content (AvgIpc) is 2.50. The first-order chi connectivity index (χ1) is 10.5. The Hall–Kier alpha value is -1.38. The molecule has 1 aliphatic heterocycles. The van der Waals surface area contributed by atoms with E-state index in [2.05, 4.69) is 0 Å². The van der Waals surface area contributed by atoms with E-state index >= 15 is 0 Å². The SMILES string of the molecule is O=C(O)[C@@H](O)[C@@H](O)[C@](O)(C(=O)O)C1O[C@H](CO)[C@H](O)[C@H](O)[C@H]1O. The third-order valence-electron chi connectivity index (χ3n) is 3.67. The smallest absolute Gasteiger partial charge is 0.341 e. The van der Waals surface area contributed by atoms with E-state index in [1.807, 2.05) is 0 Å². The third-order valence-corrected chi connectivity index (χ3v) is 3.67. The normalized spacial score (nSPS) is 36.7. The maximum atomic E-state index is 11.3. The van der Waals surface area contributed by atoms with E-state index in [9.17, 15) is 40.2 Å². The molecule has 8 atom stereocenters. The van der Waals surface area contributed by atoms with Crippen LogP contribution in [0.15, 0.2) is 0 Å². The van der Waals surface area contributed by atoms with Gasteiger partial charge in [-0.1, -0.05) is 0 Å². The lowest BCUT2D eigenvalue weighted by molar-refractivity contribution is -0.288. The van der Waals surface area contributed by atoms with Crippen LogP contribution in [-0.2, 0) is 14.3 Å². The molecule has 134 valence electrons. The van der Waals surface area contributed by atoms with Crippen LogP contribution in [0.3, 0.4) is 0 Å². The lowest BCUT2D eigenvalue weighted by atomic mass is 9.79. The third kappa shape index (κ3) is 3.29. The summed E-state index contributed by atoms with van der Waals surface area (Å²) in [6.45, 7) is -0.950. The highest BCUT2D eigenvalue weighted by atomic mass is 16.6. The number of carboxylic acids is 2. The van der Waals surface area contributed by atoms with Gasteiger partial charge in [0.1, 0.15) is 36.6 Å². The molecule has 12 nitrogen and oxygen atoms in total. The molecule has 0 aromatic rings. The van der Waals surface area contributed by atoms with Gasteiger partial charge in [-0.15, -0.1) is 0 Å². The second-order valence-corrected chi connectivity index (χ2v) is 5.11. The Morgan fingerprint density at radius 3 is 1.96 bits per heavy atom. The Bertz CT molecular complexity index is 452. The number of aliphatic hydroxyl groups is 7. The molecule has 0 saturated carbocycles. The van der Waals surface area contributed by atoms with Crippen LogP contribution in [0.25, 0.3) is 0 Å². The number of carbonyl (C=O) groups is 2. The molecule has 9 N–H and O–H groups in total. The van der Waals surface area contributed by atoms with E-state index in [0.717, 1.165) is 0 Å². The summed E-state index contributed by atoms with van der Waals surface area (Å²) in [6.07, 6.45) is -15.8. The van der Waals surface area contributed by atoms with Crippen LogP contribution in [0, 0.1) is 0 Å². The molecular weight excluding hydrogens is 324 g/mol. The van der Waals surface area contributed by atoms with Gasteiger partial charge in [-0.05, 0) is 0 Å². The molecule has 1 unspecified atom stereocenters. The van der Waals surface area contributed by atoms with Crippen molar-refractivity contribution in [2.45, 2.75) is 48.3 Å². The number of carboxylic acid groups (broad SMARTS) is 2. The van der Waals surface area contributed by atoms with Gasteiger partial charge in [0.2, 0.25) is 5.60 Å². The van der Waals surface area contributed by atoms with Gasteiger partial charge in [-0.2, -0.15) is 0 Å². The summed E-state index contributed by atoms with van der Waals surface area (Å²) in [5, 5.41) is 84.8. The van der Waals surface area contributed by atoms with Crippen LogP contribution in [0.5, 0.6) is 0 Å². The summed E-state index contributed by atoms with van der Waals surface area (Å²) >= 11 is 0. The second kappa shape index (κ2) is 7.02.